The molecular weight excluding hydrogens is 303 g/mol. The summed E-state index contributed by atoms with van der Waals surface area (Å²) >= 11 is 2.39. The monoisotopic (exact) mass is 304 g/mol. The molecule has 0 aliphatic rings. The highest BCUT2D eigenvalue weighted by molar-refractivity contribution is 9.10. The number of benzene rings is 1. The van der Waals surface area contributed by atoms with Gasteiger partial charge in [0, 0.05) is 0 Å². The predicted octanol–water partition coefficient (Wildman–Crippen LogP) is 3.44. The highest BCUT2D eigenvalue weighted by Gasteiger charge is 2.38. The Hall–Kier alpha value is -1.18. The Kier molecular flexibility index (Phi) is 3.22. The van der Waals surface area contributed by atoms with Gasteiger partial charge in [-0.2, -0.15) is 13.2 Å². The van der Waals surface area contributed by atoms with Gasteiger partial charge in [-0.3, -0.25) is 0 Å². The number of hydrogen-bond acceptors (Lipinski definition) is 1. The number of alkyl halides is 3. The van der Waals surface area contributed by atoms with E-state index in [1.54, 1.807) is 0 Å². The fourth-order valence-electron chi connectivity index (χ4n) is 0.998. The molecule has 0 unspecified atom stereocenters. The maximum Gasteiger partial charge on any atom is 0.419 e. The molecule has 0 spiro atoms. The van der Waals surface area contributed by atoms with Gasteiger partial charge < -0.3 is 5.11 Å². The molecule has 88 valence electrons. The van der Waals surface area contributed by atoms with E-state index in [0.29, 0.717) is 0 Å². The van der Waals surface area contributed by atoms with Gasteiger partial charge in [-0.25, -0.2) is 13.6 Å². The first-order valence-electron chi connectivity index (χ1n) is 3.64. The largest absolute Gasteiger partial charge is 0.477 e. The topological polar surface area (TPSA) is 37.3 Å². The predicted molar refractivity (Wildman–Crippen MR) is 46.0 cm³/mol. The summed E-state index contributed by atoms with van der Waals surface area (Å²) in [6.45, 7) is 0. The molecule has 0 saturated carbocycles. The first-order chi connectivity index (χ1) is 7.16. The maximum atomic E-state index is 13.1. The van der Waals surface area contributed by atoms with Gasteiger partial charge in [0.05, 0.1) is 10.0 Å². The maximum absolute atomic E-state index is 13.1. The Morgan fingerprint density at radius 1 is 1.25 bits per heavy atom. The molecule has 1 aromatic rings. The zero-order valence-electron chi connectivity index (χ0n) is 7.20. The van der Waals surface area contributed by atoms with Gasteiger partial charge in [0.15, 0.2) is 11.6 Å². The molecule has 0 bridgehead atoms. The zero-order valence-corrected chi connectivity index (χ0v) is 8.79. The number of aromatic carboxylic acids is 1. The number of hydrogen-bond donors (Lipinski definition) is 1. The molecule has 0 amide bonds. The Morgan fingerprint density at radius 2 is 1.75 bits per heavy atom. The number of carboxylic acid groups (broad SMARTS) is 1. The van der Waals surface area contributed by atoms with E-state index in [1.165, 1.54) is 0 Å². The lowest BCUT2D eigenvalue weighted by molar-refractivity contribution is -0.140. The van der Waals surface area contributed by atoms with Gasteiger partial charge in [0.2, 0.25) is 0 Å². The van der Waals surface area contributed by atoms with Crippen LogP contribution in [0.5, 0.6) is 0 Å². The van der Waals surface area contributed by atoms with Gasteiger partial charge in [0.1, 0.15) is 5.56 Å². The minimum Gasteiger partial charge on any atom is -0.477 e. The molecule has 0 atom stereocenters. The summed E-state index contributed by atoms with van der Waals surface area (Å²) < 4.78 is 62.1. The molecule has 0 radical (unpaired) electrons. The van der Waals surface area contributed by atoms with Crippen molar-refractivity contribution in [2.24, 2.45) is 0 Å². The second kappa shape index (κ2) is 4.00. The molecule has 0 aliphatic carbocycles. The molecule has 0 heterocycles. The number of carbonyl (C=O) groups is 1. The number of halogens is 6. The van der Waals surface area contributed by atoms with Crippen molar-refractivity contribution in [1.82, 2.24) is 0 Å². The van der Waals surface area contributed by atoms with Crippen LogP contribution < -0.4 is 0 Å². The molecular formula is C8H2BrF5O2. The van der Waals surface area contributed by atoms with Crippen LogP contribution in [0.1, 0.15) is 15.9 Å². The molecule has 2 nitrogen and oxygen atoms in total. The molecule has 1 rings (SSSR count). The Morgan fingerprint density at radius 3 is 2.12 bits per heavy atom. The van der Waals surface area contributed by atoms with E-state index in [9.17, 15) is 26.7 Å². The molecule has 8 heteroatoms. The Labute approximate surface area is 93.8 Å². The first kappa shape index (κ1) is 12.9. The van der Waals surface area contributed by atoms with E-state index < -0.39 is 39.4 Å². The highest BCUT2D eigenvalue weighted by Crippen LogP contribution is 2.36. The van der Waals surface area contributed by atoms with E-state index in [2.05, 4.69) is 15.9 Å². The van der Waals surface area contributed by atoms with Gasteiger partial charge >= 0.3 is 12.1 Å². The zero-order chi connectivity index (χ0) is 12.7. The van der Waals surface area contributed by atoms with Gasteiger partial charge in [-0.05, 0) is 22.0 Å². The summed E-state index contributed by atoms with van der Waals surface area (Å²) in [7, 11) is 0. The van der Waals surface area contributed by atoms with Crippen LogP contribution in [0.4, 0.5) is 22.0 Å². The van der Waals surface area contributed by atoms with E-state index in [1.807, 2.05) is 0 Å². The highest BCUT2D eigenvalue weighted by atomic mass is 79.9. The number of carboxylic acids is 1. The first-order valence-corrected chi connectivity index (χ1v) is 4.43. The van der Waals surface area contributed by atoms with Crippen molar-refractivity contribution in [3.05, 3.63) is 33.3 Å². The van der Waals surface area contributed by atoms with Crippen LogP contribution in [0.3, 0.4) is 0 Å². The molecule has 0 aromatic heterocycles. The molecule has 16 heavy (non-hydrogen) atoms. The van der Waals surface area contributed by atoms with Crippen molar-refractivity contribution in [2.75, 3.05) is 0 Å². The Bertz CT molecular complexity index is 455. The van der Waals surface area contributed by atoms with Gasteiger partial charge in [0.25, 0.3) is 0 Å². The molecule has 1 aromatic carbocycles. The van der Waals surface area contributed by atoms with Crippen molar-refractivity contribution in [2.45, 2.75) is 6.18 Å². The van der Waals surface area contributed by atoms with Gasteiger partial charge in [-0.15, -0.1) is 0 Å². The minimum absolute atomic E-state index is 0.150. The van der Waals surface area contributed by atoms with E-state index in [-0.39, 0.29) is 6.07 Å². The smallest absolute Gasteiger partial charge is 0.419 e. The van der Waals surface area contributed by atoms with Crippen LogP contribution in [0.2, 0.25) is 0 Å². The summed E-state index contributed by atoms with van der Waals surface area (Å²) in [6.07, 6.45) is -5.09. The average molecular weight is 305 g/mol. The van der Waals surface area contributed by atoms with E-state index in [0.717, 1.165) is 0 Å². The molecule has 0 fully saturated rings. The summed E-state index contributed by atoms with van der Waals surface area (Å²) in [5.41, 5.74) is -3.47. The van der Waals surface area contributed by atoms with Crippen LogP contribution >= 0.6 is 15.9 Å². The fourth-order valence-corrected chi connectivity index (χ4v) is 1.43. The van der Waals surface area contributed by atoms with Crippen molar-refractivity contribution in [3.63, 3.8) is 0 Å². The third-order valence-electron chi connectivity index (χ3n) is 1.68. The summed E-state index contributed by atoms with van der Waals surface area (Å²) in [5.74, 6) is -5.83. The Balaban J connectivity index is 3.64. The second-order valence-corrected chi connectivity index (χ2v) is 3.57. The van der Waals surface area contributed by atoms with E-state index in [4.69, 9.17) is 5.11 Å². The summed E-state index contributed by atoms with van der Waals surface area (Å²) in [4.78, 5) is 10.4. The standard InChI is InChI=1S/C8H2BrF5O2/c9-3-1-2(8(12,13)14)5(10)4(6(3)11)7(15)16/h1H,(H,15,16). The summed E-state index contributed by atoms with van der Waals surface area (Å²) in [5, 5.41) is 8.39. The normalized spacial score (nSPS) is 11.6. The second-order valence-electron chi connectivity index (χ2n) is 2.71. The quantitative estimate of drug-likeness (QED) is 0.637. The minimum atomic E-state index is -5.09. The fraction of sp³-hybridized carbons (Fsp3) is 0.125. The van der Waals surface area contributed by atoms with Crippen molar-refractivity contribution >= 4 is 21.9 Å². The lowest BCUT2D eigenvalue weighted by Gasteiger charge is -2.11. The lowest BCUT2D eigenvalue weighted by Crippen LogP contribution is -2.14. The van der Waals surface area contributed by atoms with Crippen LogP contribution in [0.15, 0.2) is 10.5 Å². The van der Waals surface area contributed by atoms with Crippen LogP contribution in [-0.4, -0.2) is 11.1 Å². The summed E-state index contributed by atoms with van der Waals surface area (Å²) in [6, 6.07) is 0.150. The van der Waals surface area contributed by atoms with Crippen LogP contribution in [0.25, 0.3) is 0 Å². The lowest BCUT2D eigenvalue weighted by atomic mass is 10.1. The van der Waals surface area contributed by atoms with Crippen molar-refractivity contribution in [1.29, 1.82) is 0 Å². The average Bonchev–Trinajstić information content (AvgIpc) is 2.09. The van der Waals surface area contributed by atoms with Crippen LogP contribution in [-0.2, 0) is 6.18 Å². The third-order valence-corrected chi connectivity index (χ3v) is 2.25. The van der Waals surface area contributed by atoms with Gasteiger partial charge in [-0.1, -0.05) is 0 Å². The molecule has 0 aliphatic heterocycles. The SMILES string of the molecule is O=C(O)c1c(F)c(Br)cc(C(F)(F)F)c1F. The van der Waals surface area contributed by atoms with Crippen molar-refractivity contribution < 1.29 is 31.9 Å². The molecule has 1 N–H and O–H groups in total. The van der Waals surface area contributed by atoms with Crippen molar-refractivity contribution in [3.8, 4) is 0 Å². The number of rotatable bonds is 1. The molecule has 0 saturated heterocycles. The third kappa shape index (κ3) is 2.16. The van der Waals surface area contributed by atoms with Crippen LogP contribution in [0, 0.1) is 11.6 Å². The van der Waals surface area contributed by atoms with E-state index >= 15 is 0 Å².